The highest BCUT2D eigenvalue weighted by Gasteiger charge is 2.46. The Morgan fingerprint density at radius 1 is 0.976 bits per heavy atom. The molecular formula is C32H28ClFN4O4. The minimum atomic E-state index is -0.739. The van der Waals surface area contributed by atoms with Crippen molar-refractivity contribution >= 4 is 35.2 Å². The van der Waals surface area contributed by atoms with Crippen molar-refractivity contribution in [3.8, 4) is 11.1 Å². The van der Waals surface area contributed by atoms with Gasteiger partial charge in [0.15, 0.2) is 0 Å². The summed E-state index contributed by atoms with van der Waals surface area (Å²) in [7, 11) is 0. The molecule has 8 rings (SSSR count). The Morgan fingerprint density at radius 2 is 1.71 bits per heavy atom. The van der Waals surface area contributed by atoms with Crippen LogP contribution in [0.4, 0.5) is 4.39 Å². The van der Waals surface area contributed by atoms with E-state index in [1.807, 2.05) is 53.4 Å². The number of amides is 4. The molecule has 4 fully saturated rings. The Labute approximate surface area is 247 Å². The van der Waals surface area contributed by atoms with Gasteiger partial charge in [0, 0.05) is 66.4 Å². The summed E-state index contributed by atoms with van der Waals surface area (Å²) in [5.41, 5.74) is 3.87. The van der Waals surface area contributed by atoms with Crippen LogP contribution in [-0.2, 0) is 22.7 Å². The predicted octanol–water partition coefficient (Wildman–Crippen LogP) is 4.01. The number of rotatable bonds is 5. The lowest BCUT2D eigenvalue weighted by atomic mass is 9.86. The lowest BCUT2D eigenvalue weighted by molar-refractivity contribution is -0.136. The van der Waals surface area contributed by atoms with E-state index in [2.05, 4.69) is 10.2 Å². The predicted molar refractivity (Wildman–Crippen MR) is 153 cm³/mol. The molecule has 5 aliphatic rings. The van der Waals surface area contributed by atoms with Crippen LogP contribution in [-0.4, -0.2) is 69.5 Å². The Balaban J connectivity index is 1.04. The number of hydrogen-bond acceptors (Lipinski definition) is 5. The summed E-state index contributed by atoms with van der Waals surface area (Å²) in [5, 5.41) is 2.93. The summed E-state index contributed by atoms with van der Waals surface area (Å²) in [6.45, 7) is 1.69. The fourth-order valence-electron chi connectivity index (χ4n) is 6.79. The standard InChI is InChI=1S/C32H28ClFN4O4/c33-21-7-5-18(6-8-21)24-3-1-2-4-25(24)31(41)36-16-22-12-23(17-36)37(22)15-20-11-19-14-38(32(42)26(19)13-27(20)34)28-9-10-29(39)35-30(28)40/h1-8,11,13,22-23,28H,9-10,12,14-17H2,(H,35,39,40). The summed E-state index contributed by atoms with van der Waals surface area (Å²) in [6.07, 6.45) is 1.37. The third-order valence-electron chi connectivity index (χ3n) is 8.99. The zero-order valence-corrected chi connectivity index (χ0v) is 23.4. The second-order valence-electron chi connectivity index (χ2n) is 11.5. The van der Waals surface area contributed by atoms with Crippen molar-refractivity contribution < 1.29 is 23.6 Å². The maximum absolute atomic E-state index is 15.3. The average Bonchev–Trinajstić information content (AvgIpc) is 3.30. The van der Waals surface area contributed by atoms with Crippen LogP contribution >= 0.6 is 11.6 Å². The normalized spacial score (nSPS) is 23.5. The molecule has 3 aromatic carbocycles. The lowest BCUT2D eigenvalue weighted by Gasteiger charge is -2.56. The molecule has 0 saturated carbocycles. The van der Waals surface area contributed by atoms with E-state index >= 15 is 4.39 Å². The smallest absolute Gasteiger partial charge is 0.255 e. The van der Waals surface area contributed by atoms with Gasteiger partial charge >= 0.3 is 0 Å². The molecule has 5 heterocycles. The second kappa shape index (κ2) is 10.3. The van der Waals surface area contributed by atoms with Gasteiger partial charge < -0.3 is 9.80 Å². The van der Waals surface area contributed by atoms with E-state index in [1.54, 1.807) is 6.07 Å². The van der Waals surface area contributed by atoms with Crippen LogP contribution in [0.1, 0.15) is 51.1 Å². The Kier molecular flexibility index (Phi) is 6.59. The largest absolute Gasteiger partial charge is 0.335 e. The number of piperidine rings is 2. The molecule has 0 aliphatic carbocycles. The monoisotopic (exact) mass is 586 g/mol. The van der Waals surface area contributed by atoms with E-state index in [-0.39, 0.29) is 54.8 Å². The molecule has 5 aliphatic heterocycles. The minimum Gasteiger partial charge on any atom is -0.335 e. The number of nitrogens with zero attached hydrogens (tertiary/aromatic N) is 3. The van der Waals surface area contributed by atoms with E-state index in [0.29, 0.717) is 41.3 Å². The summed E-state index contributed by atoms with van der Waals surface area (Å²) in [5.74, 6) is -1.71. The van der Waals surface area contributed by atoms with Crippen molar-refractivity contribution in [3.05, 3.63) is 93.8 Å². The quantitative estimate of drug-likeness (QED) is 0.457. The molecule has 2 bridgehead atoms. The molecular weight excluding hydrogens is 559 g/mol. The maximum Gasteiger partial charge on any atom is 0.255 e. The van der Waals surface area contributed by atoms with Gasteiger partial charge in [0.2, 0.25) is 11.8 Å². The number of halogens is 2. The third kappa shape index (κ3) is 4.57. The van der Waals surface area contributed by atoms with E-state index in [9.17, 15) is 19.2 Å². The van der Waals surface area contributed by atoms with Gasteiger partial charge in [-0.05, 0) is 59.9 Å². The first-order valence-corrected chi connectivity index (χ1v) is 14.5. The fourth-order valence-corrected chi connectivity index (χ4v) is 6.92. The molecule has 3 atom stereocenters. The van der Waals surface area contributed by atoms with Crippen LogP contribution in [0.2, 0.25) is 5.02 Å². The zero-order valence-electron chi connectivity index (χ0n) is 22.7. The number of fused-ring (bicyclic) bond motifs is 3. The van der Waals surface area contributed by atoms with Gasteiger partial charge in [0.05, 0.1) is 0 Å². The lowest BCUT2D eigenvalue weighted by Crippen LogP contribution is -2.68. The summed E-state index contributed by atoms with van der Waals surface area (Å²) in [4.78, 5) is 56.1. The first-order chi connectivity index (χ1) is 20.3. The fraction of sp³-hybridized carbons (Fsp3) is 0.312. The van der Waals surface area contributed by atoms with E-state index in [4.69, 9.17) is 11.6 Å². The van der Waals surface area contributed by atoms with Gasteiger partial charge in [-0.25, -0.2) is 4.39 Å². The molecule has 3 unspecified atom stereocenters. The number of carbonyl (C=O) groups excluding carboxylic acids is 4. The topological polar surface area (TPSA) is 90.0 Å². The highest BCUT2D eigenvalue weighted by molar-refractivity contribution is 6.30. The van der Waals surface area contributed by atoms with Gasteiger partial charge in [0.25, 0.3) is 11.8 Å². The number of imide groups is 1. The molecule has 42 heavy (non-hydrogen) atoms. The summed E-state index contributed by atoms with van der Waals surface area (Å²) >= 11 is 6.06. The van der Waals surface area contributed by atoms with Gasteiger partial charge in [-0.1, -0.05) is 41.9 Å². The van der Waals surface area contributed by atoms with Crippen molar-refractivity contribution in [2.45, 2.75) is 50.5 Å². The van der Waals surface area contributed by atoms with Crippen LogP contribution < -0.4 is 5.32 Å². The summed E-state index contributed by atoms with van der Waals surface area (Å²) in [6, 6.07) is 17.5. The van der Waals surface area contributed by atoms with Crippen molar-refractivity contribution in [1.82, 2.24) is 20.0 Å². The molecule has 0 aromatic heterocycles. The third-order valence-corrected chi connectivity index (χ3v) is 9.24. The van der Waals surface area contributed by atoms with Crippen molar-refractivity contribution in [3.63, 3.8) is 0 Å². The number of piperazine rings is 1. The zero-order chi connectivity index (χ0) is 29.1. The van der Waals surface area contributed by atoms with Gasteiger partial charge in [-0.2, -0.15) is 0 Å². The molecule has 10 heteroatoms. The average molecular weight is 587 g/mol. The molecule has 0 spiro atoms. The van der Waals surface area contributed by atoms with Gasteiger partial charge in [-0.3, -0.25) is 29.4 Å². The van der Waals surface area contributed by atoms with Crippen molar-refractivity contribution in [2.75, 3.05) is 13.1 Å². The first kappa shape index (κ1) is 26.8. The molecule has 3 aromatic rings. The minimum absolute atomic E-state index is 0.0225. The molecule has 0 radical (unpaired) electrons. The molecule has 4 saturated heterocycles. The highest BCUT2D eigenvalue weighted by Crippen LogP contribution is 2.37. The molecule has 1 N–H and O–H groups in total. The van der Waals surface area contributed by atoms with Crippen LogP contribution in [0, 0.1) is 5.82 Å². The Bertz CT molecular complexity index is 1630. The van der Waals surface area contributed by atoms with Crippen LogP contribution in [0.15, 0.2) is 60.7 Å². The first-order valence-electron chi connectivity index (χ1n) is 14.1. The number of carbonyl (C=O) groups is 4. The number of hydrogen-bond donors (Lipinski definition) is 1. The van der Waals surface area contributed by atoms with Crippen LogP contribution in [0.5, 0.6) is 0 Å². The highest BCUT2D eigenvalue weighted by atomic mass is 35.5. The summed E-state index contributed by atoms with van der Waals surface area (Å²) < 4.78 is 15.3. The molecule has 4 amide bonds. The Hall–Kier alpha value is -4.08. The van der Waals surface area contributed by atoms with Crippen molar-refractivity contribution in [2.24, 2.45) is 0 Å². The van der Waals surface area contributed by atoms with E-state index in [0.717, 1.165) is 17.5 Å². The van der Waals surface area contributed by atoms with Crippen LogP contribution in [0.25, 0.3) is 11.1 Å². The maximum atomic E-state index is 15.3. The van der Waals surface area contributed by atoms with E-state index < -0.39 is 17.8 Å². The SMILES string of the molecule is O=C1CCC(N2Cc3cc(CN4C5CC4CN(C(=O)c4ccccc4-c4ccc(Cl)cc4)C5)c(F)cc3C2=O)C(=O)N1. The number of nitrogens with one attached hydrogen (secondary N) is 1. The van der Waals surface area contributed by atoms with E-state index in [1.165, 1.54) is 11.0 Å². The molecule has 8 nitrogen and oxygen atoms in total. The second-order valence-corrected chi connectivity index (χ2v) is 11.9. The van der Waals surface area contributed by atoms with Gasteiger partial charge in [-0.15, -0.1) is 0 Å². The number of benzene rings is 3. The van der Waals surface area contributed by atoms with Crippen LogP contribution in [0.3, 0.4) is 0 Å². The van der Waals surface area contributed by atoms with Gasteiger partial charge in [0.1, 0.15) is 11.9 Å². The van der Waals surface area contributed by atoms with Crippen molar-refractivity contribution in [1.29, 1.82) is 0 Å². The Morgan fingerprint density at radius 3 is 2.45 bits per heavy atom. The molecule has 214 valence electrons.